The molecule has 1 aliphatic rings. The van der Waals surface area contributed by atoms with Crippen molar-refractivity contribution in [3.05, 3.63) is 96.1 Å². The molecule has 0 radical (unpaired) electrons. The molecule has 3 amide bonds. The standard InChI is InChI=1S/C23H20N2O3/c1-23(18-11-4-2-5-12-18)21(26)25(22(27)24-23)16-17-10-8-9-15-20(17)28-19-13-6-3-7-14-19/h2-15H,16H2,1H3,(H,24,27)/t23-/m1/s1. The summed E-state index contributed by atoms with van der Waals surface area (Å²) in [5, 5.41) is 2.83. The molecule has 1 N–H and O–H groups in total. The second-order valence-corrected chi connectivity index (χ2v) is 6.84. The third-order valence-corrected chi connectivity index (χ3v) is 4.90. The number of carbonyl (C=O) groups is 2. The Labute approximate surface area is 163 Å². The first kappa shape index (κ1) is 17.8. The third kappa shape index (κ3) is 3.22. The van der Waals surface area contributed by atoms with E-state index in [2.05, 4.69) is 5.32 Å². The van der Waals surface area contributed by atoms with E-state index in [1.54, 1.807) is 6.92 Å². The van der Waals surface area contributed by atoms with Crippen LogP contribution in [-0.4, -0.2) is 16.8 Å². The number of hydrogen-bond acceptors (Lipinski definition) is 3. The van der Waals surface area contributed by atoms with Crippen LogP contribution in [0.2, 0.25) is 0 Å². The quantitative estimate of drug-likeness (QED) is 0.674. The van der Waals surface area contributed by atoms with Gasteiger partial charge in [0.2, 0.25) is 0 Å². The zero-order valence-electron chi connectivity index (χ0n) is 15.5. The third-order valence-electron chi connectivity index (χ3n) is 4.90. The first-order valence-electron chi connectivity index (χ1n) is 9.08. The maximum absolute atomic E-state index is 13.1. The van der Waals surface area contributed by atoms with Gasteiger partial charge in [-0.25, -0.2) is 4.79 Å². The maximum atomic E-state index is 13.1. The molecule has 3 aromatic carbocycles. The molecule has 5 nitrogen and oxygen atoms in total. The Morgan fingerprint density at radius 3 is 2.18 bits per heavy atom. The predicted molar refractivity (Wildman–Crippen MR) is 106 cm³/mol. The molecule has 0 bridgehead atoms. The fraction of sp³-hybridized carbons (Fsp3) is 0.130. The summed E-state index contributed by atoms with van der Waals surface area (Å²) in [6.45, 7) is 1.87. The minimum atomic E-state index is -1.08. The molecule has 3 aromatic rings. The minimum Gasteiger partial charge on any atom is -0.457 e. The van der Waals surface area contributed by atoms with Crippen molar-refractivity contribution in [1.29, 1.82) is 0 Å². The number of ether oxygens (including phenoxy) is 1. The number of rotatable bonds is 5. The number of nitrogens with zero attached hydrogens (tertiary/aromatic N) is 1. The zero-order chi connectivity index (χ0) is 19.6. The molecule has 0 spiro atoms. The van der Waals surface area contributed by atoms with E-state index in [4.69, 9.17) is 4.74 Å². The molecule has 0 aliphatic carbocycles. The van der Waals surface area contributed by atoms with Crippen molar-refractivity contribution in [3.8, 4) is 11.5 Å². The lowest BCUT2D eigenvalue weighted by Crippen LogP contribution is -2.40. The summed E-state index contributed by atoms with van der Waals surface area (Å²) in [6.07, 6.45) is 0. The number of imide groups is 1. The summed E-state index contributed by atoms with van der Waals surface area (Å²) in [5.41, 5.74) is 0.435. The van der Waals surface area contributed by atoms with E-state index >= 15 is 0 Å². The Hall–Kier alpha value is -3.60. The number of nitrogens with one attached hydrogen (secondary N) is 1. The van der Waals surface area contributed by atoms with E-state index in [9.17, 15) is 9.59 Å². The highest BCUT2D eigenvalue weighted by Crippen LogP contribution is 2.32. The molecular weight excluding hydrogens is 352 g/mol. The first-order valence-corrected chi connectivity index (χ1v) is 9.08. The van der Waals surface area contributed by atoms with Gasteiger partial charge in [-0.15, -0.1) is 0 Å². The van der Waals surface area contributed by atoms with Gasteiger partial charge in [0.15, 0.2) is 0 Å². The number of amides is 3. The summed E-state index contributed by atoms with van der Waals surface area (Å²) in [7, 11) is 0. The van der Waals surface area contributed by atoms with Crippen LogP contribution in [0.5, 0.6) is 11.5 Å². The van der Waals surface area contributed by atoms with Crippen LogP contribution in [0.4, 0.5) is 4.79 Å². The minimum absolute atomic E-state index is 0.135. The fourth-order valence-corrected chi connectivity index (χ4v) is 3.33. The van der Waals surface area contributed by atoms with Crippen LogP contribution in [-0.2, 0) is 16.9 Å². The van der Waals surface area contributed by atoms with Crippen LogP contribution in [0.1, 0.15) is 18.1 Å². The van der Waals surface area contributed by atoms with Gasteiger partial charge < -0.3 is 10.1 Å². The number of para-hydroxylation sites is 2. The van der Waals surface area contributed by atoms with E-state index in [0.717, 1.165) is 11.1 Å². The van der Waals surface area contributed by atoms with Crippen molar-refractivity contribution in [2.75, 3.05) is 0 Å². The molecule has 0 saturated carbocycles. The molecule has 1 aliphatic heterocycles. The Bertz CT molecular complexity index is 1000. The van der Waals surface area contributed by atoms with Crippen molar-refractivity contribution < 1.29 is 14.3 Å². The number of benzene rings is 3. The van der Waals surface area contributed by atoms with Crippen LogP contribution in [0.25, 0.3) is 0 Å². The van der Waals surface area contributed by atoms with Crippen LogP contribution in [0.3, 0.4) is 0 Å². The molecule has 5 heteroatoms. The number of hydrogen-bond donors (Lipinski definition) is 1. The molecule has 0 unspecified atom stereocenters. The Morgan fingerprint density at radius 1 is 0.857 bits per heavy atom. The summed E-state index contributed by atoms with van der Waals surface area (Å²) in [6, 6.07) is 25.7. The maximum Gasteiger partial charge on any atom is 0.325 e. The Kier molecular flexibility index (Phi) is 4.57. The summed E-state index contributed by atoms with van der Waals surface area (Å²) < 4.78 is 5.96. The van der Waals surface area contributed by atoms with Gasteiger partial charge in [0.05, 0.1) is 6.54 Å². The number of carbonyl (C=O) groups excluding carboxylic acids is 2. The van der Waals surface area contributed by atoms with Crippen LogP contribution < -0.4 is 10.1 Å². The summed E-state index contributed by atoms with van der Waals surface area (Å²) in [5.74, 6) is 1.03. The van der Waals surface area contributed by atoms with Gasteiger partial charge in [0.25, 0.3) is 5.91 Å². The van der Waals surface area contributed by atoms with Gasteiger partial charge in [0, 0.05) is 5.56 Å². The number of urea groups is 1. The molecule has 28 heavy (non-hydrogen) atoms. The van der Waals surface area contributed by atoms with E-state index in [1.807, 2.05) is 84.9 Å². The normalized spacial score (nSPS) is 18.8. The van der Waals surface area contributed by atoms with E-state index in [1.165, 1.54) is 4.90 Å². The van der Waals surface area contributed by atoms with E-state index in [0.29, 0.717) is 11.5 Å². The highest BCUT2D eigenvalue weighted by molar-refractivity contribution is 6.07. The SMILES string of the molecule is C[C@]1(c2ccccc2)NC(=O)N(Cc2ccccc2Oc2ccccc2)C1=O. The molecule has 1 fully saturated rings. The van der Waals surface area contributed by atoms with E-state index < -0.39 is 11.6 Å². The van der Waals surface area contributed by atoms with Gasteiger partial charge in [-0.2, -0.15) is 0 Å². The average molecular weight is 372 g/mol. The molecule has 140 valence electrons. The molecule has 1 heterocycles. The topological polar surface area (TPSA) is 58.6 Å². The molecule has 0 aromatic heterocycles. The monoisotopic (exact) mass is 372 g/mol. The van der Waals surface area contributed by atoms with Gasteiger partial charge in [0.1, 0.15) is 17.0 Å². The second kappa shape index (κ2) is 7.19. The largest absolute Gasteiger partial charge is 0.457 e. The summed E-state index contributed by atoms with van der Waals surface area (Å²) in [4.78, 5) is 27.0. The molecule has 1 atom stereocenters. The molecule has 1 saturated heterocycles. The highest BCUT2D eigenvalue weighted by Gasteiger charge is 2.48. The van der Waals surface area contributed by atoms with Crippen molar-refractivity contribution in [1.82, 2.24) is 10.2 Å². The van der Waals surface area contributed by atoms with Gasteiger partial charge in [-0.05, 0) is 30.7 Å². The zero-order valence-corrected chi connectivity index (χ0v) is 15.5. The Balaban J connectivity index is 1.60. The van der Waals surface area contributed by atoms with Crippen molar-refractivity contribution >= 4 is 11.9 Å². The van der Waals surface area contributed by atoms with Gasteiger partial charge >= 0.3 is 6.03 Å². The summed E-state index contributed by atoms with van der Waals surface area (Å²) >= 11 is 0. The van der Waals surface area contributed by atoms with Gasteiger partial charge in [-0.3, -0.25) is 9.69 Å². The van der Waals surface area contributed by atoms with Crippen molar-refractivity contribution in [3.63, 3.8) is 0 Å². The first-order chi connectivity index (χ1) is 13.6. The van der Waals surface area contributed by atoms with Crippen molar-refractivity contribution in [2.24, 2.45) is 0 Å². The van der Waals surface area contributed by atoms with Crippen LogP contribution in [0.15, 0.2) is 84.9 Å². The lowest BCUT2D eigenvalue weighted by Gasteiger charge is -2.22. The predicted octanol–water partition coefficient (Wildman–Crippen LogP) is 4.45. The second-order valence-electron chi connectivity index (χ2n) is 6.84. The molecular formula is C23H20N2O3. The fourth-order valence-electron chi connectivity index (χ4n) is 3.33. The molecule has 4 rings (SSSR count). The smallest absolute Gasteiger partial charge is 0.325 e. The van der Waals surface area contributed by atoms with Crippen molar-refractivity contribution in [2.45, 2.75) is 19.0 Å². The van der Waals surface area contributed by atoms with Crippen LogP contribution >= 0.6 is 0 Å². The van der Waals surface area contributed by atoms with Gasteiger partial charge in [-0.1, -0.05) is 66.7 Å². The lowest BCUT2D eigenvalue weighted by atomic mass is 9.92. The van der Waals surface area contributed by atoms with Crippen LogP contribution in [0, 0.1) is 0 Å². The highest BCUT2D eigenvalue weighted by atomic mass is 16.5. The van der Waals surface area contributed by atoms with E-state index in [-0.39, 0.29) is 12.5 Å². The Morgan fingerprint density at radius 2 is 1.46 bits per heavy atom. The lowest BCUT2D eigenvalue weighted by molar-refractivity contribution is -0.131. The average Bonchev–Trinajstić information content (AvgIpc) is 2.95.